The first kappa shape index (κ1) is 25.5. The van der Waals surface area contributed by atoms with Gasteiger partial charge in [-0.05, 0) is 124 Å². The van der Waals surface area contributed by atoms with Gasteiger partial charge in [0.1, 0.15) is 0 Å². The van der Waals surface area contributed by atoms with E-state index in [9.17, 15) is 15.3 Å². The van der Waals surface area contributed by atoms with Crippen molar-refractivity contribution in [1.29, 1.82) is 0 Å². The van der Waals surface area contributed by atoms with Crippen LogP contribution in [0.25, 0.3) is 0 Å². The second-order valence-corrected chi connectivity index (χ2v) is 15.5. The summed E-state index contributed by atoms with van der Waals surface area (Å²) < 4.78 is 6.68. The third-order valence-electron chi connectivity index (χ3n) is 13.2. The van der Waals surface area contributed by atoms with Crippen molar-refractivity contribution in [1.82, 2.24) is 0 Å². The molecule has 4 aliphatic carbocycles. The lowest BCUT2D eigenvalue weighted by Crippen LogP contribution is -2.67. The lowest BCUT2D eigenvalue weighted by molar-refractivity contribution is -0.257. The van der Waals surface area contributed by atoms with Crippen LogP contribution >= 0.6 is 0 Å². The highest BCUT2D eigenvalue weighted by atomic mass is 16.5. The smallest absolute Gasteiger partial charge is 0.0865 e. The quantitative estimate of drug-likeness (QED) is 0.477. The molecule has 0 radical (unpaired) electrons. The van der Waals surface area contributed by atoms with Crippen LogP contribution in [0.4, 0.5) is 0 Å². The van der Waals surface area contributed by atoms with Gasteiger partial charge in [-0.3, -0.25) is 0 Å². The number of aliphatic hydroxyl groups excluding tert-OH is 2. The van der Waals surface area contributed by atoms with Crippen LogP contribution in [-0.4, -0.2) is 44.8 Å². The summed E-state index contributed by atoms with van der Waals surface area (Å²) in [4.78, 5) is 0. The van der Waals surface area contributed by atoms with E-state index >= 15 is 0 Å². The van der Waals surface area contributed by atoms with E-state index in [1.807, 2.05) is 13.8 Å². The molecule has 11 atom stereocenters. The van der Waals surface area contributed by atoms with E-state index in [1.54, 1.807) is 0 Å². The highest BCUT2D eigenvalue weighted by Crippen LogP contribution is 2.76. The molecule has 1 aliphatic heterocycles. The molecule has 0 bridgehead atoms. The van der Waals surface area contributed by atoms with Crippen LogP contribution < -0.4 is 0 Å². The van der Waals surface area contributed by atoms with E-state index in [4.69, 9.17) is 4.74 Å². The maximum Gasteiger partial charge on any atom is 0.0865 e. The van der Waals surface area contributed by atoms with E-state index < -0.39 is 5.60 Å². The van der Waals surface area contributed by atoms with Gasteiger partial charge in [-0.1, -0.05) is 34.6 Å². The summed E-state index contributed by atoms with van der Waals surface area (Å²) in [6.45, 7) is 18.1. The lowest BCUT2D eigenvalue weighted by atomic mass is 9.35. The van der Waals surface area contributed by atoms with Gasteiger partial charge in [0.25, 0.3) is 0 Å². The van der Waals surface area contributed by atoms with Crippen LogP contribution in [0.1, 0.15) is 113 Å². The Bertz CT molecular complexity index is 817. The van der Waals surface area contributed by atoms with Crippen molar-refractivity contribution < 1.29 is 20.1 Å². The van der Waals surface area contributed by atoms with Crippen LogP contribution in [0.3, 0.4) is 0 Å². The second kappa shape index (κ2) is 7.45. The fourth-order valence-electron chi connectivity index (χ4n) is 11.2. The minimum atomic E-state index is -0.811. The summed E-state index contributed by atoms with van der Waals surface area (Å²) in [5, 5.41) is 33.5. The first-order valence-electron chi connectivity index (χ1n) is 14.3. The molecule has 1 heterocycles. The summed E-state index contributed by atoms with van der Waals surface area (Å²) in [6.07, 6.45) is 8.71. The molecule has 0 aromatic carbocycles. The largest absolute Gasteiger partial charge is 0.393 e. The molecular weight excluding hydrogens is 424 g/mol. The molecule has 5 fully saturated rings. The monoisotopic (exact) mass is 476 g/mol. The molecule has 0 aromatic heterocycles. The number of hydrogen-bond donors (Lipinski definition) is 3. The van der Waals surface area contributed by atoms with E-state index in [0.29, 0.717) is 17.8 Å². The van der Waals surface area contributed by atoms with Crippen molar-refractivity contribution in [3.63, 3.8) is 0 Å². The second-order valence-electron chi connectivity index (χ2n) is 15.5. The van der Waals surface area contributed by atoms with Crippen LogP contribution in [-0.2, 0) is 4.74 Å². The lowest BCUT2D eigenvalue weighted by Gasteiger charge is -2.70. The van der Waals surface area contributed by atoms with Crippen LogP contribution in [0, 0.1) is 45.3 Å². The number of rotatable bonds is 2. The molecule has 1 saturated heterocycles. The van der Waals surface area contributed by atoms with Crippen molar-refractivity contribution in [3.05, 3.63) is 0 Å². The normalized spacial score (nSPS) is 57.1. The van der Waals surface area contributed by atoms with Crippen LogP contribution in [0.2, 0.25) is 0 Å². The number of fused-ring (bicyclic) bond motifs is 5. The van der Waals surface area contributed by atoms with Crippen molar-refractivity contribution in [3.8, 4) is 0 Å². The summed E-state index contributed by atoms with van der Waals surface area (Å²) in [5.41, 5.74) is -0.766. The first-order chi connectivity index (χ1) is 15.5. The Morgan fingerprint density at radius 2 is 1.41 bits per heavy atom. The Morgan fingerprint density at radius 3 is 2.03 bits per heavy atom. The molecule has 4 nitrogen and oxygen atoms in total. The Labute approximate surface area is 208 Å². The average molecular weight is 477 g/mol. The molecule has 0 spiro atoms. The number of hydrogen-bond acceptors (Lipinski definition) is 4. The van der Waals surface area contributed by atoms with Gasteiger partial charge in [-0.2, -0.15) is 0 Å². The van der Waals surface area contributed by atoms with E-state index in [2.05, 4.69) is 41.5 Å². The molecule has 0 aromatic rings. The van der Waals surface area contributed by atoms with Gasteiger partial charge in [-0.15, -0.1) is 0 Å². The van der Waals surface area contributed by atoms with Crippen LogP contribution in [0.15, 0.2) is 0 Å². The van der Waals surface area contributed by atoms with Gasteiger partial charge in [0.15, 0.2) is 0 Å². The first-order valence-corrected chi connectivity index (χ1v) is 14.3. The molecule has 4 heteroatoms. The summed E-state index contributed by atoms with van der Waals surface area (Å²) in [7, 11) is 0. The molecule has 196 valence electrons. The SMILES string of the molecule is CC(C)(O)[C@H]1CC[C@@](C)([C@H]2CC[C@@]3(C)[C@H]2C[C@@H](O)[C@@H]2[C@@]4(C)CC[C@@H](O)C(C)(C)C4CC[C@]23C)O1. The van der Waals surface area contributed by atoms with Crippen molar-refractivity contribution >= 4 is 0 Å². The maximum atomic E-state index is 12.0. The van der Waals surface area contributed by atoms with Crippen molar-refractivity contribution in [2.75, 3.05) is 0 Å². The zero-order valence-electron chi connectivity index (χ0n) is 23.2. The minimum Gasteiger partial charge on any atom is -0.393 e. The van der Waals surface area contributed by atoms with E-state index in [0.717, 1.165) is 51.4 Å². The van der Waals surface area contributed by atoms with Gasteiger partial charge < -0.3 is 20.1 Å². The van der Waals surface area contributed by atoms with E-state index in [-0.39, 0.29) is 51.5 Å². The van der Waals surface area contributed by atoms with E-state index in [1.165, 1.54) is 6.42 Å². The van der Waals surface area contributed by atoms with Gasteiger partial charge >= 0.3 is 0 Å². The Hall–Kier alpha value is -0.160. The van der Waals surface area contributed by atoms with Gasteiger partial charge in [0.05, 0.1) is 29.5 Å². The summed E-state index contributed by atoms with van der Waals surface area (Å²) in [5.74, 6) is 1.63. The molecule has 5 aliphatic rings. The molecule has 4 saturated carbocycles. The number of aliphatic hydroxyl groups is 3. The average Bonchev–Trinajstić information content (AvgIpc) is 3.27. The molecule has 3 N–H and O–H groups in total. The zero-order valence-corrected chi connectivity index (χ0v) is 23.2. The Balaban J connectivity index is 1.48. The fraction of sp³-hybridized carbons (Fsp3) is 1.00. The third-order valence-corrected chi connectivity index (χ3v) is 13.2. The fourth-order valence-corrected chi connectivity index (χ4v) is 11.2. The maximum absolute atomic E-state index is 12.0. The van der Waals surface area contributed by atoms with Gasteiger partial charge in [0, 0.05) is 0 Å². The zero-order chi connectivity index (χ0) is 25.1. The summed E-state index contributed by atoms with van der Waals surface area (Å²) in [6, 6.07) is 0. The Morgan fingerprint density at radius 1 is 0.765 bits per heavy atom. The number of ether oxygens (including phenoxy) is 1. The minimum absolute atomic E-state index is 0.0704. The molecule has 1 unspecified atom stereocenters. The third kappa shape index (κ3) is 3.16. The molecule has 0 amide bonds. The van der Waals surface area contributed by atoms with Gasteiger partial charge in [0.2, 0.25) is 0 Å². The predicted molar refractivity (Wildman–Crippen MR) is 135 cm³/mol. The van der Waals surface area contributed by atoms with Gasteiger partial charge in [-0.25, -0.2) is 0 Å². The summed E-state index contributed by atoms with van der Waals surface area (Å²) >= 11 is 0. The molecular formula is C30H52O4. The predicted octanol–water partition coefficient (Wildman–Crippen LogP) is 5.71. The topological polar surface area (TPSA) is 69.9 Å². The standard InChI is InChI=1S/C30H52O4/c1-25(2)21-10-15-29(7)24(27(21,5)13-11-22(25)32)20(31)17-19-18(9-14-28(19,29)6)30(8)16-12-23(34-30)26(3,4)33/h18-24,31-33H,9-17H2,1-8H3/t18-,19-,20+,21?,22+,23+,24+,27-,28-,29+,30-/m0/s1. The highest BCUT2D eigenvalue weighted by Gasteiger charge is 2.72. The highest BCUT2D eigenvalue weighted by molar-refractivity contribution is 5.20. The molecule has 5 rings (SSSR count). The van der Waals surface area contributed by atoms with Crippen LogP contribution in [0.5, 0.6) is 0 Å². The van der Waals surface area contributed by atoms with Crippen molar-refractivity contribution in [2.24, 2.45) is 45.3 Å². The Kier molecular flexibility index (Phi) is 5.59. The molecule has 34 heavy (non-hydrogen) atoms. The van der Waals surface area contributed by atoms with Crippen molar-refractivity contribution in [2.45, 2.75) is 143 Å².